The molecule has 3 nitrogen and oxygen atoms in total. The molecule has 0 atom stereocenters. The van der Waals surface area contributed by atoms with Crippen LogP contribution in [0.3, 0.4) is 0 Å². The van der Waals surface area contributed by atoms with Crippen LogP contribution in [-0.2, 0) is 16.4 Å². The second-order valence-corrected chi connectivity index (χ2v) is 0. The molecule has 0 N–H and O–H groups in total. The smallest absolute Gasteiger partial charge is 2.00 e. The standard InChI is InChI=1S/3O.Sn.Sr/q3*-2;+4;+2. The van der Waals surface area contributed by atoms with Crippen LogP contribution in [0.1, 0.15) is 0 Å². The molecule has 0 aliphatic carbocycles. The SMILES string of the molecule is [O-2].[O-2].[O-2].[Sn+4].[Sr+2]. The molecular weight excluding hydrogens is 254 g/mol. The Kier molecular flexibility index (Phi) is 410. The number of hydrogen-bond acceptors (Lipinski definition) is 0. The topological polar surface area (TPSA) is 85.5 Å². The van der Waals surface area contributed by atoms with Crippen molar-refractivity contribution in [3.05, 3.63) is 0 Å². The molecule has 0 aliphatic heterocycles. The molecule has 5 heavy (non-hydrogen) atoms. The third-order valence-corrected chi connectivity index (χ3v) is 0. The average Bonchev–Trinajstić information content (AvgIpc) is 0. The van der Waals surface area contributed by atoms with Crippen molar-refractivity contribution in [2.75, 3.05) is 0 Å². The molecule has 0 spiro atoms. The first-order valence-corrected chi connectivity index (χ1v) is 0. The van der Waals surface area contributed by atoms with Gasteiger partial charge in [0.25, 0.3) is 0 Å². The Bertz CT molecular complexity index is 6.85. The van der Waals surface area contributed by atoms with Gasteiger partial charge in [-0.1, -0.05) is 0 Å². The van der Waals surface area contributed by atoms with Gasteiger partial charge in [-0.3, -0.25) is 0 Å². The minimum absolute atomic E-state index is 0. The van der Waals surface area contributed by atoms with Crippen LogP contribution in [0.2, 0.25) is 0 Å². The maximum atomic E-state index is 0. The van der Waals surface area contributed by atoms with Gasteiger partial charge in [-0.15, -0.1) is 0 Å². The first kappa shape index (κ1) is 58.3. The van der Waals surface area contributed by atoms with E-state index in [1.165, 1.54) is 0 Å². The molecule has 5 heteroatoms. The molecule has 0 bridgehead atoms. The largest absolute Gasteiger partial charge is 4.00 e. The zero-order valence-corrected chi connectivity index (χ0v) is 8.76. The van der Waals surface area contributed by atoms with Crippen LogP contribution in [0.15, 0.2) is 0 Å². The number of rotatable bonds is 0. The fourth-order valence-corrected chi connectivity index (χ4v) is 0. The maximum Gasteiger partial charge on any atom is 4.00 e. The Morgan fingerprint density at radius 3 is 0.600 bits per heavy atom. The van der Waals surface area contributed by atoms with Crippen LogP contribution >= 0.6 is 0 Å². The molecule has 0 unspecified atom stereocenters. The molecule has 0 heterocycles. The van der Waals surface area contributed by atoms with Gasteiger partial charge in [0.05, 0.1) is 0 Å². The van der Waals surface area contributed by atoms with Crippen LogP contribution < -0.4 is 0 Å². The Labute approximate surface area is 84.3 Å². The van der Waals surface area contributed by atoms with Crippen LogP contribution in [0.25, 0.3) is 0 Å². The van der Waals surface area contributed by atoms with E-state index in [0.717, 1.165) is 0 Å². The van der Waals surface area contributed by atoms with Crippen LogP contribution in [0.5, 0.6) is 0 Å². The van der Waals surface area contributed by atoms with E-state index in [4.69, 9.17) is 0 Å². The van der Waals surface area contributed by atoms with E-state index < -0.39 is 0 Å². The van der Waals surface area contributed by atoms with Crippen LogP contribution in [-0.4, -0.2) is 69.4 Å². The van der Waals surface area contributed by atoms with Crippen molar-refractivity contribution in [2.45, 2.75) is 0 Å². The van der Waals surface area contributed by atoms with Gasteiger partial charge < -0.3 is 16.4 Å². The Hall–Kier alpha value is 2.16. The summed E-state index contributed by atoms with van der Waals surface area (Å²) in [7, 11) is 0. The van der Waals surface area contributed by atoms with Gasteiger partial charge in [0, 0.05) is 0 Å². The van der Waals surface area contributed by atoms with E-state index in [1.54, 1.807) is 0 Å². The van der Waals surface area contributed by atoms with Gasteiger partial charge >= 0.3 is 69.4 Å². The second-order valence-electron chi connectivity index (χ2n) is 0. The first-order valence-electron chi connectivity index (χ1n) is 0. The molecule has 0 saturated carbocycles. The van der Waals surface area contributed by atoms with Crippen molar-refractivity contribution in [2.24, 2.45) is 0 Å². The molecule has 0 radical (unpaired) electrons. The van der Waals surface area contributed by atoms with E-state index in [1.807, 2.05) is 0 Å². The zero-order valence-electron chi connectivity index (χ0n) is 2.43. The van der Waals surface area contributed by atoms with Crippen molar-refractivity contribution >= 4 is 69.4 Å². The molecule has 0 aliphatic rings. The van der Waals surface area contributed by atoms with E-state index in [2.05, 4.69) is 0 Å². The quantitative estimate of drug-likeness (QED) is 0.491. The summed E-state index contributed by atoms with van der Waals surface area (Å²) in [5, 5.41) is 0. The van der Waals surface area contributed by atoms with E-state index >= 15 is 0 Å². The molecule has 0 amide bonds. The summed E-state index contributed by atoms with van der Waals surface area (Å²) < 4.78 is 0. The van der Waals surface area contributed by atoms with E-state index in [9.17, 15) is 0 Å². The summed E-state index contributed by atoms with van der Waals surface area (Å²) >= 11 is 0. The van der Waals surface area contributed by atoms with Crippen molar-refractivity contribution in [1.82, 2.24) is 0 Å². The van der Waals surface area contributed by atoms with Gasteiger partial charge in [-0.05, 0) is 0 Å². The molecule has 0 aromatic rings. The third kappa shape index (κ3) is 22.9. The van der Waals surface area contributed by atoms with Crippen molar-refractivity contribution in [1.29, 1.82) is 0 Å². The summed E-state index contributed by atoms with van der Waals surface area (Å²) in [6.07, 6.45) is 0. The molecule has 0 aromatic heterocycles. The van der Waals surface area contributed by atoms with Crippen LogP contribution in [0.4, 0.5) is 0 Å². The van der Waals surface area contributed by atoms with Gasteiger partial charge in [-0.2, -0.15) is 0 Å². The predicted octanol–water partition coefficient (Wildman–Crippen LogP) is -1.12. The van der Waals surface area contributed by atoms with E-state index in [-0.39, 0.29) is 85.8 Å². The summed E-state index contributed by atoms with van der Waals surface area (Å²) in [5.74, 6) is 0. The molecule has 0 rings (SSSR count). The minimum atomic E-state index is 0. The van der Waals surface area contributed by atoms with Gasteiger partial charge in [0.15, 0.2) is 0 Å². The van der Waals surface area contributed by atoms with Gasteiger partial charge in [0.2, 0.25) is 0 Å². The average molecular weight is 254 g/mol. The monoisotopic (exact) mass is 256 g/mol. The van der Waals surface area contributed by atoms with Crippen molar-refractivity contribution < 1.29 is 16.4 Å². The van der Waals surface area contributed by atoms with E-state index in [0.29, 0.717) is 0 Å². The van der Waals surface area contributed by atoms with Crippen LogP contribution in [0, 0.1) is 0 Å². The summed E-state index contributed by atoms with van der Waals surface area (Å²) in [5.41, 5.74) is 0. The Morgan fingerprint density at radius 2 is 0.600 bits per heavy atom. The summed E-state index contributed by atoms with van der Waals surface area (Å²) in [6.45, 7) is 0. The molecule has 0 fully saturated rings. The summed E-state index contributed by atoms with van der Waals surface area (Å²) in [6, 6.07) is 0. The molecule has 0 saturated heterocycles. The first-order chi connectivity index (χ1) is 0. The number of hydrogen-bond donors (Lipinski definition) is 0. The zero-order chi connectivity index (χ0) is 0. The Morgan fingerprint density at radius 1 is 0.600 bits per heavy atom. The Balaban J connectivity index is 0. The second kappa shape index (κ2) is 35.2. The van der Waals surface area contributed by atoms with Crippen molar-refractivity contribution in [3.63, 3.8) is 0 Å². The fourth-order valence-electron chi connectivity index (χ4n) is 0. The van der Waals surface area contributed by atoms with Gasteiger partial charge in [-0.25, -0.2) is 0 Å². The maximum absolute atomic E-state index is 0. The normalized spacial score (nSPS) is 0. The third-order valence-electron chi connectivity index (χ3n) is 0. The fraction of sp³-hybridized carbons (Fsp3) is 0. The van der Waals surface area contributed by atoms with Crippen molar-refractivity contribution in [3.8, 4) is 0 Å². The molecule has 24 valence electrons. The summed E-state index contributed by atoms with van der Waals surface area (Å²) in [4.78, 5) is 0. The predicted molar refractivity (Wildman–Crippen MR) is 13.6 cm³/mol. The van der Waals surface area contributed by atoms with Gasteiger partial charge in [0.1, 0.15) is 0 Å². The molecular formula is O3SnSr. The molecule has 0 aromatic carbocycles. The minimum Gasteiger partial charge on any atom is -2.00 e.